The number of rotatable bonds is 2. The molecule has 2 rings (SSSR count). The van der Waals surface area contributed by atoms with E-state index >= 15 is 0 Å². The Morgan fingerprint density at radius 1 is 1.33 bits per heavy atom. The summed E-state index contributed by atoms with van der Waals surface area (Å²) < 4.78 is 5.25. The van der Waals surface area contributed by atoms with E-state index in [2.05, 4.69) is 0 Å². The highest BCUT2D eigenvalue weighted by molar-refractivity contribution is 5.69. The highest BCUT2D eigenvalue weighted by atomic mass is 16.6. The van der Waals surface area contributed by atoms with Gasteiger partial charge in [-0.25, -0.2) is 4.79 Å². The summed E-state index contributed by atoms with van der Waals surface area (Å²) >= 11 is 0. The quantitative estimate of drug-likeness (QED) is 0.778. The lowest BCUT2D eigenvalue weighted by molar-refractivity contribution is -0.213. The number of aliphatic hydroxyl groups excluding tert-OH is 1. The van der Waals surface area contributed by atoms with Gasteiger partial charge in [0, 0.05) is 5.41 Å². The molecule has 0 aromatic heterocycles. The summed E-state index contributed by atoms with van der Waals surface area (Å²) in [6.07, 6.45) is 2.32. The van der Waals surface area contributed by atoms with E-state index in [9.17, 15) is 15.0 Å². The predicted molar refractivity (Wildman–Crippen MR) is 66.1 cm³/mol. The molecular weight excluding hydrogens is 234 g/mol. The SMILES string of the molecule is CC(C)(C)OC(=O)N1CC(O)(C2(CO)CCC2)C1. The van der Waals surface area contributed by atoms with Gasteiger partial charge < -0.3 is 19.8 Å². The summed E-state index contributed by atoms with van der Waals surface area (Å²) in [6.45, 7) is 5.98. The maximum absolute atomic E-state index is 11.8. The molecule has 2 aliphatic rings. The first-order valence-electron chi connectivity index (χ1n) is 6.53. The third-order valence-corrected chi connectivity index (χ3v) is 4.16. The molecule has 5 nitrogen and oxygen atoms in total. The molecule has 1 aliphatic heterocycles. The van der Waals surface area contributed by atoms with Crippen molar-refractivity contribution in [2.45, 2.75) is 51.2 Å². The summed E-state index contributed by atoms with van der Waals surface area (Å²) in [5, 5.41) is 19.9. The van der Waals surface area contributed by atoms with Gasteiger partial charge in [-0.05, 0) is 33.6 Å². The standard InChI is InChI=1S/C13H23NO4/c1-11(2,3)18-10(16)14-7-13(17,8-14)12(9-15)5-4-6-12/h15,17H,4-9H2,1-3H3. The van der Waals surface area contributed by atoms with Crippen molar-refractivity contribution in [2.75, 3.05) is 19.7 Å². The molecule has 1 amide bonds. The monoisotopic (exact) mass is 257 g/mol. The van der Waals surface area contributed by atoms with Gasteiger partial charge in [0.2, 0.25) is 0 Å². The second-order valence-corrected chi connectivity index (χ2v) is 6.66. The van der Waals surface area contributed by atoms with Crippen LogP contribution in [0.15, 0.2) is 0 Å². The lowest BCUT2D eigenvalue weighted by Gasteiger charge is -2.59. The van der Waals surface area contributed by atoms with Gasteiger partial charge in [-0.3, -0.25) is 0 Å². The first-order chi connectivity index (χ1) is 8.21. The van der Waals surface area contributed by atoms with Crippen molar-refractivity contribution in [2.24, 2.45) is 5.41 Å². The fourth-order valence-electron chi connectivity index (χ4n) is 2.75. The molecule has 0 unspecified atom stereocenters. The second kappa shape index (κ2) is 4.10. The summed E-state index contributed by atoms with van der Waals surface area (Å²) in [5.41, 5.74) is -1.85. The van der Waals surface area contributed by atoms with Crippen LogP contribution >= 0.6 is 0 Å². The Morgan fingerprint density at radius 2 is 1.89 bits per heavy atom. The summed E-state index contributed by atoms with van der Waals surface area (Å²) in [7, 11) is 0. The number of hydrogen-bond acceptors (Lipinski definition) is 4. The topological polar surface area (TPSA) is 70.0 Å². The zero-order valence-corrected chi connectivity index (χ0v) is 11.4. The Kier molecular flexibility index (Phi) is 3.10. The van der Waals surface area contributed by atoms with Crippen LogP contribution in [0.25, 0.3) is 0 Å². The van der Waals surface area contributed by atoms with Crippen LogP contribution in [-0.2, 0) is 4.74 Å². The van der Waals surface area contributed by atoms with Crippen molar-refractivity contribution in [1.29, 1.82) is 0 Å². The molecule has 5 heteroatoms. The van der Waals surface area contributed by atoms with Crippen LogP contribution in [0.2, 0.25) is 0 Å². The molecule has 0 atom stereocenters. The van der Waals surface area contributed by atoms with Gasteiger partial charge in [-0.2, -0.15) is 0 Å². The molecule has 0 spiro atoms. The van der Waals surface area contributed by atoms with E-state index in [0.29, 0.717) is 0 Å². The maximum atomic E-state index is 11.8. The largest absolute Gasteiger partial charge is 0.444 e. The zero-order valence-electron chi connectivity index (χ0n) is 11.4. The number of aliphatic hydroxyl groups is 2. The molecular formula is C13H23NO4. The minimum Gasteiger partial charge on any atom is -0.444 e. The minimum absolute atomic E-state index is 0.00828. The second-order valence-electron chi connectivity index (χ2n) is 6.66. The van der Waals surface area contributed by atoms with E-state index in [1.807, 2.05) is 20.8 Å². The van der Waals surface area contributed by atoms with Crippen molar-refractivity contribution < 1.29 is 19.7 Å². The normalized spacial score (nSPS) is 25.1. The molecule has 0 aromatic rings. The highest BCUT2D eigenvalue weighted by Crippen LogP contribution is 2.52. The molecule has 1 aliphatic carbocycles. The van der Waals surface area contributed by atoms with Crippen LogP contribution in [0, 0.1) is 5.41 Å². The van der Waals surface area contributed by atoms with Crippen LogP contribution in [0.5, 0.6) is 0 Å². The number of ether oxygens (including phenoxy) is 1. The lowest BCUT2D eigenvalue weighted by Crippen LogP contribution is -2.73. The molecule has 1 saturated carbocycles. The van der Waals surface area contributed by atoms with Crippen molar-refractivity contribution in [3.63, 3.8) is 0 Å². The molecule has 1 heterocycles. The summed E-state index contributed by atoms with van der Waals surface area (Å²) in [4.78, 5) is 13.3. The lowest BCUT2D eigenvalue weighted by atomic mass is 9.56. The zero-order chi connectivity index (χ0) is 13.6. The van der Waals surface area contributed by atoms with Crippen LogP contribution in [0.4, 0.5) is 4.79 Å². The number of carbonyl (C=O) groups excluding carboxylic acids is 1. The third-order valence-electron chi connectivity index (χ3n) is 4.16. The first-order valence-corrected chi connectivity index (χ1v) is 6.53. The fourth-order valence-corrected chi connectivity index (χ4v) is 2.75. The van der Waals surface area contributed by atoms with Crippen molar-refractivity contribution in [3.05, 3.63) is 0 Å². The van der Waals surface area contributed by atoms with Crippen LogP contribution in [0.1, 0.15) is 40.0 Å². The van der Waals surface area contributed by atoms with Crippen LogP contribution < -0.4 is 0 Å². The average molecular weight is 257 g/mol. The number of hydrogen-bond donors (Lipinski definition) is 2. The van der Waals surface area contributed by atoms with E-state index in [1.165, 1.54) is 4.90 Å². The Morgan fingerprint density at radius 3 is 2.22 bits per heavy atom. The third kappa shape index (κ3) is 2.10. The van der Waals surface area contributed by atoms with E-state index in [-0.39, 0.29) is 25.8 Å². The smallest absolute Gasteiger partial charge is 0.410 e. The molecule has 104 valence electrons. The number of β-amino-alcohol motifs (C(OH)–C–C–N with tert-alkyl or cyclic N) is 1. The molecule has 18 heavy (non-hydrogen) atoms. The van der Waals surface area contributed by atoms with Crippen molar-refractivity contribution in [3.8, 4) is 0 Å². The molecule has 1 saturated heterocycles. The maximum Gasteiger partial charge on any atom is 0.410 e. The van der Waals surface area contributed by atoms with Crippen molar-refractivity contribution in [1.82, 2.24) is 4.90 Å². The Bertz CT molecular complexity index is 332. The van der Waals surface area contributed by atoms with Gasteiger partial charge in [-0.1, -0.05) is 6.42 Å². The van der Waals surface area contributed by atoms with Gasteiger partial charge in [-0.15, -0.1) is 0 Å². The minimum atomic E-state index is -0.934. The predicted octanol–water partition coefficient (Wildman–Crippen LogP) is 1.13. The molecule has 0 bridgehead atoms. The number of nitrogens with zero attached hydrogens (tertiary/aromatic N) is 1. The van der Waals surface area contributed by atoms with Gasteiger partial charge >= 0.3 is 6.09 Å². The molecule has 0 radical (unpaired) electrons. The van der Waals surface area contributed by atoms with E-state index < -0.39 is 16.6 Å². The van der Waals surface area contributed by atoms with Gasteiger partial charge in [0.25, 0.3) is 0 Å². The van der Waals surface area contributed by atoms with Crippen LogP contribution in [-0.4, -0.2) is 52.1 Å². The highest BCUT2D eigenvalue weighted by Gasteiger charge is 2.60. The molecule has 2 fully saturated rings. The fraction of sp³-hybridized carbons (Fsp3) is 0.923. The average Bonchev–Trinajstić information content (AvgIpc) is 2.09. The van der Waals surface area contributed by atoms with Crippen LogP contribution in [0.3, 0.4) is 0 Å². The molecule has 2 N–H and O–H groups in total. The summed E-state index contributed by atoms with van der Waals surface area (Å²) in [5.74, 6) is 0. The summed E-state index contributed by atoms with van der Waals surface area (Å²) in [6, 6.07) is 0. The van der Waals surface area contributed by atoms with E-state index in [1.54, 1.807) is 0 Å². The Hall–Kier alpha value is -0.810. The van der Waals surface area contributed by atoms with Gasteiger partial charge in [0.15, 0.2) is 0 Å². The van der Waals surface area contributed by atoms with Crippen molar-refractivity contribution >= 4 is 6.09 Å². The number of amides is 1. The van der Waals surface area contributed by atoms with Gasteiger partial charge in [0.1, 0.15) is 11.2 Å². The van der Waals surface area contributed by atoms with Gasteiger partial charge in [0.05, 0.1) is 19.7 Å². The van der Waals surface area contributed by atoms with E-state index in [0.717, 1.165) is 19.3 Å². The van der Waals surface area contributed by atoms with E-state index in [4.69, 9.17) is 4.74 Å². The molecule has 0 aromatic carbocycles. The number of likely N-dealkylation sites (tertiary alicyclic amines) is 1. The number of carbonyl (C=O) groups is 1. The first kappa shape index (κ1) is 13.6. The Balaban J connectivity index is 1.91. The Labute approximate surface area is 108 Å².